The highest BCUT2D eigenvalue weighted by Gasteiger charge is 2.16. The molecule has 0 saturated carbocycles. The summed E-state index contributed by atoms with van der Waals surface area (Å²) in [5.74, 6) is -1.33. The van der Waals surface area contributed by atoms with Gasteiger partial charge in [-0.1, -0.05) is 136 Å². The van der Waals surface area contributed by atoms with E-state index in [9.17, 15) is 14.7 Å². The van der Waals surface area contributed by atoms with Crippen LogP contribution in [-0.4, -0.2) is 22.2 Å². The molecule has 1 atom stereocenters. The summed E-state index contributed by atoms with van der Waals surface area (Å²) in [4.78, 5) is 21.3. The minimum absolute atomic E-state index is 0.0914. The average molecular weight is 457 g/mol. The molecule has 4 heteroatoms. The Bertz CT molecular complexity index is 395. The second-order valence-electron chi connectivity index (χ2n) is 9.41. The molecule has 0 heterocycles. The molecule has 0 radical (unpaired) electrons. The van der Waals surface area contributed by atoms with Gasteiger partial charge in [0.1, 0.15) is 0 Å². The Morgan fingerprint density at radius 3 is 1.12 bits per heavy atom. The Kier molecular flexibility index (Phi) is 28.9. The molecule has 192 valence electrons. The lowest BCUT2D eigenvalue weighted by molar-refractivity contribution is -0.142. The fraction of sp³-hybridized carbons (Fsp3) is 0.929. The molecule has 0 aliphatic rings. The Morgan fingerprint density at radius 1 is 0.500 bits per heavy atom. The molecule has 0 aliphatic carbocycles. The van der Waals surface area contributed by atoms with E-state index in [-0.39, 0.29) is 5.92 Å². The second kappa shape index (κ2) is 28.0. The Hall–Kier alpha value is -1.06. The van der Waals surface area contributed by atoms with Crippen LogP contribution < -0.4 is 0 Å². The Balaban J connectivity index is 0. The maximum Gasteiger partial charge on any atom is 0.306 e. The predicted octanol–water partition coefficient (Wildman–Crippen LogP) is 9.40. The van der Waals surface area contributed by atoms with E-state index >= 15 is 0 Å². The summed E-state index contributed by atoms with van der Waals surface area (Å²) in [6.07, 6.45) is 25.5. The van der Waals surface area contributed by atoms with Gasteiger partial charge in [-0.3, -0.25) is 9.59 Å². The molecule has 0 fully saturated rings. The van der Waals surface area contributed by atoms with Crippen molar-refractivity contribution in [3.05, 3.63) is 0 Å². The first kappa shape index (κ1) is 33.1. The summed E-state index contributed by atoms with van der Waals surface area (Å²) in [6.45, 7) is 6.62. The predicted molar refractivity (Wildman–Crippen MR) is 137 cm³/mol. The summed E-state index contributed by atoms with van der Waals surface area (Å²) in [7, 11) is 0. The smallest absolute Gasteiger partial charge is 0.306 e. The van der Waals surface area contributed by atoms with Crippen LogP contribution in [0, 0.1) is 5.92 Å². The van der Waals surface area contributed by atoms with Crippen LogP contribution in [0.25, 0.3) is 0 Å². The third kappa shape index (κ3) is 28.9. The van der Waals surface area contributed by atoms with Crippen LogP contribution in [0.15, 0.2) is 0 Å². The third-order valence-electron chi connectivity index (χ3n) is 6.16. The minimum Gasteiger partial charge on any atom is -0.481 e. The normalized spacial score (nSPS) is 11.6. The van der Waals surface area contributed by atoms with Gasteiger partial charge in [-0.05, 0) is 19.3 Å². The zero-order valence-corrected chi connectivity index (χ0v) is 21.8. The maximum absolute atomic E-state index is 11.3. The van der Waals surface area contributed by atoms with Gasteiger partial charge < -0.3 is 10.2 Å². The third-order valence-corrected chi connectivity index (χ3v) is 6.16. The molecule has 1 unspecified atom stereocenters. The molecule has 32 heavy (non-hydrogen) atoms. The van der Waals surface area contributed by atoms with Gasteiger partial charge in [-0.25, -0.2) is 0 Å². The molecule has 0 aromatic carbocycles. The molecule has 0 aromatic heterocycles. The number of unbranched alkanes of at least 4 members (excludes halogenated alkanes) is 16. The molecule has 0 aliphatic heterocycles. The van der Waals surface area contributed by atoms with Crippen LogP contribution >= 0.6 is 0 Å². The lowest BCUT2D eigenvalue weighted by atomic mass is 9.94. The van der Waals surface area contributed by atoms with Gasteiger partial charge in [0.05, 0.1) is 5.92 Å². The SMILES string of the molecule is CCCCCCCC(=O)O.CCCCCCCCCCC(CCCCCCCC)C(=O)O. The van der Waals surface area contributed by atoms with Gasteiger partial charge in [-0.15, -0.1) is 0 Å². The van der Waals surface area contributed by atoms with E-state index in [0.29, 0.717) is 6.42 Å². The summed E-state index contributed by atoms with van der Waals surface area (Å²) in [5.41, 5.74) is 0. The zero-order chi connectivity index (χ0) is 24.3. The highest BCUT2D eigenvalue weighted by atomic mass is 16.4. The van der Waals surface area contributed by atoms with Gasteiger partial charge in [0, 0.05) is 6.42 Å². The van der Waals surface area contributed by atoms with E-state index in [2.05, 4.69) is 20.8 Å². The van der Waals surface area contributed by atoms with E-state index < -0.39 is 11.9 Å². The molecule has 0 aromatic rings. The Morgan fingerprint density at radius 2 is 0.812 bits per heavy atom. The second-order valence-corrected chi connectivity index (χ2v) is 9.41. The number of rotatable bonds is 23. The van der Waals surface area contributed by atoms with Gasteiger partial charge >= 0.3 is 11.9 Å². The highest BCUT2D eigenvalue weighted by molar-refractivity contribution is 5.69. The van der Waals surface area contributed by atoms with Crippen molar-refractivity contribution in [3.8, 4) is 0 Å². The van der Waals surface area contributed by atoms with Gasteiger partial charge in [-0.2, -0.15) is 0 Å². The number of carboxylic acid groups (broad SMARTS) is 2. The van der Waals surface area contributed by atoms with Crippen molar-refractivity contribution >= 4 is 11.9 Å². The summed E-state index contributed by atoms with van der Waals surface area (Å²) in [5, 5.41) is 17.6. The van der Waals surface area contributed by atoms with Crippen LogP contribution in [0.3, 0.4) is 0 Å². The summed E-state index contributed by atoms with van der Waals surface area (Å²) in [6, 6.07) is 0. The minimum atomic E-state index is -0.670. The maximum atomic E-state index is 11.3. The lowest BCUT2D eigenvalue weighted by Gasteiger charge is -2.12. The van der Waals surface area contributed by atoms with E-state index in [0.717, 1.165) is 38.5 Å². The molecule has 0 rings (SSSR count). The van der Waals surface area contributed by atoms with Crippen molar-refractivity contribution in [3.63, 3.8) is 0 Å². The van der Waals surface area contributed by atoms with Crippen LogP contribution in [0.1, 0.15) is 162 Å². The largest absolute Gasteiger partial charge is 0.481 e. The van der Waals surface area contributed by atoms with Crippen LogP contribution in [0.4, 0.5) is 0 Å². The molecule has 0 spiro atoms. The fourth-order valence-electron chi connectivity index (χ4n) is 3.97. The fourth-order valence-corrected chi connectivity index (χ4v) is 3.97. The van der Waals surface area contributed by atoms with Crippen molar-refractivity contribution < 1.29 is 19.8 Å². The van der Waals surface area contributed by atoms with Gasteiger partial charge in [0.2, 0.25) is 0 Å². The lowest BCUT2D eigenvalue weighted by Crippen LogP contribution is -2.13. The van der Waals surface area contributed by atoms with Gasteiger partial charge in [0.15, 0.2) is 0 Å². The molecular formula is C28H56O4. The van der Waals surface area contributed by atoms with Crippen LogP contribution in [-0.2, 0) is 9.59 Å². The van der Waals surface area contributed by atoms with Crippen molar-refractivity contribution in [1.82, 2.24) is 0 Å². The highest BCUT2D eigenvalue weighted by Crippen LogP contribution is 2.19. The average Bonchev–Trinajstić information content (AvgIpc) is 2.76. The molecule has 0 bridgehead atoms. The number of aliphatic carboxylic acids is 2. The number of hydrogen-bond donors (Lipinski definition) is 2. The molecule has 4 nitrogen and oxygen atoms in total. The quantitative estimate of drug-likeness (QED) is 0.150. The van der Waals surface area contributed by atoms with Crippen LogP contribution in [0.2, 0.25) is 0 Å². The van der Waals surface area contributed by atoms with E-state index in [1.807, 2.05) is 0 Å². The Labute approximate surface area is 200 Å². The standard InChI is InChI=1S/C20H40O2.C8H16O2/c1-3-5-7-9-11-12-14-16-18-19(20(21)22)17-15-13-10-8-6-4-2;1-2-3-4-5-6-7-8(9)10/h19H,3-18H2,1-2H3,(H,21,22);2-7H2,1H3,(H,9,10). The van der Waals surface area contributed by atoms with Crippen molar-refractivity contribution in [1.29, 1.82) is 0 Å². The van der Waals surface area contributed by atoms with Gasteiger partial charge in [0.25, 0.3) is 0 Å². The summed E-state index contributed by atoms with van der Waals surface area (Å²) >= 11 is 0. The molecular weight excluding hydrogens is 400 g/mol. The monoisotopic (exact) mass is 456 g/mol. The number of carboxylic acids is 2. The summed E-state index contributed by atoms with van der Waals surface area (Å²) < 4.78 is 0. The molecule has 2 N–H and O–H groups in total. The topological polar surface area (TPSA) is 74.6 Å². The van der Waals surface area contributed by atoms with Crippen molar-refractivity contribution in [2.24, 2.45) is 5.92 Å². The number of carbonyl (C=O) groups is 2. The van der Waals surface area contributed by atoms with E-state index in [4.69, 9.17) is 5.11 Å². The van der Waals surface area contributed by atoms with Crippen molar-refractivity contribution in [2.45, 2.75) is 162 Å². The van der Waals surface area contributed by atoms with Crippen LogP contribution in [0.5, 0.6) is 0 Å². The molecule has 0 amide bonds. The van der Waals surface area contributed by atoms with E-state index in [1.165, 1.54) is 96.3 Å². The first-order valence-corrected chi connectivity index (χ1v) is 13.9. The molecule has 0 saturated heterocycles. The zero-order valence-electron chi connectivity index (χ0n) is 21.8. The first-order chi connectivity index (χ1) is 15.5. The number of hydrogen-bond acceptors (Lipinski definition) is 2. The van der Waals surface area contributed by atoms with Crippen molar-refractivity contribution in [2.75, 3.05) is 0 Å². The van der Waals surface area contributed by atoms with E-state index in [1.54, 1.807) is 0 Å². The first-order valence-electron chi connectivity index (χ1n) is 13.9.